The molecule has 0 aliphatic carbocycles. The van der Waals surface area contributed by atoms with Gasteiger partial charge in [0.05, 0.1) is 10.6 Å². The molecule has 0 radical (unpaired) electrons. The van der Waals surface area contributed by atoms with Crippen LogP contribution in [0.15, 0.2) is 75.0 Å². The van der Waals surface area contributed by atoms with Crippen LogP contribution < -0.4 is 0 Å². The van der Waals surface area contributed by atoms with Crippen molar-refractivity contribution in [2.75, 3.05) is 7.05 Å². The number of hydrogen-bond acceptors (Lipinski definition) is 4. The van der Waals surface area contributed by atoms with Gasteiger partial charge >= 0.3 is 0 Å². The van der Waals surface area contributed by atoms with Crippen molar-refractivity contribution < 1.29 is 9.21 Å². The number of furan rings is 1. The van der Waals surface area contributed by atoms with Crippen LogP contribution in [0.4, 0.5) is 5.69 Å². The van der Waals surface area contributed by atoms with Gasteiger partial charge in [-0.15, -0.1) is 0 Å². The fraction of sp³-hybridized carbons (Fsp3) is 0.0909. The van der Waals surface area contributed by atoms with Crippen LogP contribution in [0.3, 0.4) is 0 Å². The van der Waals surface area contributed by atoms with Gasteiger partial charge < -0.3 is 4.42 Å². The Morgan fingerprint density at radius 2 is 1.75 bits per heavy atom. The maximum absolute atomic E-state index is 12.6. The molecule has 1 aliphatic heterocycles. The fourth-order valence-corrected chi connectivity index (χ4v) is 3.80. The minimum atomic E-state index is -0.0969. The molecule has 4 nitrogen and oxygen atoms in total. The van der Waals surface area contributed by atoms with Crippen molar-refractivity contribution in [3.8, 4) is 11.3 Å². The molecule has 2 aromatic carbocycles. The summed E-state index contributed by atoms with van der Waals surface area (Å²) in [5, 5.41) is 1.32. The third-order valence-corrected chi connectivity index (χ3v) is 5.60. The number of aryl methyl sites for hydroxylation is 1. The maximum atomic E-state index is 12.6. The predicted molar refractivity (Wildman–Crippen MR) is 116 cm³/mol. The largest absolute Gasteiger partial charge is 0.457 e. The van der Waals surface area contributed by atoms with Crippen molar-refractivity contribution in [2.45, 2.75) is 6.92 Å². The molecule has 28 heavy (non-hydrogen) atoms. The van der Waals surface area contributed by atoms with Crippen LogP contribution in [0.25, 0.3) is 17.4 Å². The molecule has 3 aromatic rings. The Kier molecular flexibility index (Phi) is 5.11. The van der Waals surface area contributed by atoms with Gasteiger partial charge in [-0.2, -0.15) is 0 Å². The number of aliphatic imine (C=N–C) groups is 1. The average molecular weight is 409 g/mol. The zero-order chi connectivity index (χ0) is 19.7. The van der Waals surface area contributed by atoms with Crippen LogP contribution in [0.1, 0.15) is 11.3 Å². The minimum absolute atomic E-state index is 0.0969. The zero-order valence-corrected chi connectivity index (χ0v) is 16.9. The van der Waals surface area contributed by atoms with Crippen LogP contribution >= 0.6 is 23.4 Å². The first-order valence-corrected chi connectivity index (χ1v) is 9.88. The highest BCUT2D eigenvalue weighted by molar-refractivity contribution is 8.18. The lowest BCUT2D eigenvalue weighted by molar-refractivity contribution is -0.121. The van der Waals surface area contributed by atoms with Gasteiger partial charge in [0, 0.05) is 23.7 Å². The van der Waals surface area contributed by atoms with Gasteiger partial charge in [0.2, 0.25) is 0 Å². The van der Waals surface area contributed by atoms with E-state index in [-0.39, 0.29) is 5.91 Å². The highest BCUT2D eigenvalue weighted by Crippen LogP contribution is 2.34. The molecule has 0 unspecified atom stereocenters. The molecule has 2 heterocycles. The molecule has 1 amide bonds. The van der Waals surface area contributed by atoms with E-state index >= 15 is 0 Å². The van der Waals surface area contributed by atoms with Crippen LogP contribution in [0, 0.1) is 6.92 Å². The quantitative estimate of drug-likeness (QED) is 0.489. The molecule has 0 spiro atoms. The number of thioether (sulfide) groups is 1. The van der Waals surface area contributed by atoms with Crippen molar-refractivity contribution in [1.29, 1.82) is 0 Å². The first kappa shape index (κ1) is 18.6. The summed E-state index contributed by atoms with van der Waals surface area (Å²) in [5.74, 6) is 1.24. The monoisotopic (exact) mass is 408 g/mol. The number of halogens is 1. The van der Waals surface area contributed by atoms with Crippen molar-refractivity contribution >= 4 is 46.2 Å². The molecule has 4 rings (SSSR count). The maximum Gasteiger partial charge on any atom is 0.266 e. The lowest BCUT2D eigenvalue weighted by Crippen LogP contribution is -2.23. The third-order valence-electron chi connectivity index (χ3n) is 4.29. The summed E-state index contributed by atoms with van der Waals surface area (Å²) in [7, 11) is 1.73. The highest BCUT2D eigenvalue weighted by Gasteiger charge is 2.30. The summed E-state index contributed by atoms with van der Waals surface area (Å²) in [4.78, 5) is 19.3. The highest BCUT2D eigenvalue weighted by atomic mass is 35.5. The van der Waals surface area contributed by atoms with E-state index in [9.17, 15) is 4.79 Å². The van der Waals surface area contributed by atoms with Gasteiger partial charge in [-0.1, -0.05) is 29.3 Å². The predicted octanol–water partition coefficient (Wildman–Crippen LogP) is 6.14. The number of amidine groups is 1. The second kappa shape index (κ2) is 7.70. The van der Waals surface area contributed by atoms with E-state index in [1.807, 2.05) is 67.6 Å². The van der Waals surface area contributed by atoms with Gasteiger partial charge in [-0.3, -0.25) is 9.69 Å². The second-order valence-electron chi connectivity index (χ2n) is 6.41. The van der Waals surface area contributed by atoms with Crippen LogP contribution in [0.2, 0.25) is 5.02 Å². The number of benzene rings is 2. The SMILES string of the molecule is Cc1ccc(N=C2S/C(=C\c3ccc(-c4ccc(Cl)cc4)o3)C(=O)N2C)cc1. The van der Waals surface area contributed by atoms with E-state index in [0.717, 1.165) is 17.0 Å². The van der Waals surface area contributed by atoms with Crippen molar-refractivity contribution in [2.24, 2.45) is 4.99 Å². The molecule has 1 aliphatic rings. The van der Waals surface area contributed by atoms with E-state index in [1.54, 1.807) is 18.0 Å². The molecule has 1 aromatic heterocycles. The first-order chi connectivity index (χ1) is 13.5. The zero-order valence-electron chi connectivity index (χ0n) is 15.3. The van der Waals surface area contributed by atoms with Gasteiger partial charge in [0.1, 0.15) is 11.5 Å². The fourth-order valence-electron chi connectivity index (χ4n) is 2.71. The average Bonchev–Trinajstić information content (AvgIpc) is 3.25. The van der Waals surface area contributed by atoms with E-state index in [2.05, 4.69) is 4.99 Å². The number of amides is 1. The van der Waals surface area contributed by atoms with Gasteiger partial charge in [-0.05, 0) is 67.2 Å². The van der Waals surface area contributed by atoms with E-state index in [1.165, 1.54) is 17.3 Å². The lowest BCUT2D eigenvalue weighted by Gasteiger charge is -2.07. The molecule has 0 bridgehead atoms. The van der Waals surface area contributed by atoms with Crippen molar-refractivity contribution in [3.05, 3.63) is 81.9 Å². The first-order valence-electron chi connectivity index (χ1n) is 8.68. The number of carbonyl (C=O) groups excluding carboxylic acids is 1. The number of rotatable bonds is 3. The van der Waals surface area contributed by atoms with Crippen LogP contribution in [-0.2, 0) is 4.79 Å². The van der Waals surface area contributed by atoms with Crippen LogP contribution in [-0.4, -0.2) is 23.0 Å². The number of nitrogens with zero attached hydrogens (tertiary/aromatic N) is 2. The summed E-state index contributed by atoms with van der Waals surface area (Å²) in [6.45, 7) is 2.03. The van der Waals surface area contributed by atoms with Gasteiger partial charge in [0.15, 0.2) is 5.17 Å². The van der Waals surface area contributed by atoms with Crippen molar-refractivity contribution in [3.63, 3.8) is 0 Å². The molecule has 0 N–H and O–H groups in total. The Morgan fingerprint density at radius 1 is 1.04 bits per heavy atom. The number of carbonyl (C=O) groups is 1. The molecular formula is C22H17ClN2O2S. The number of likely N-dealkylation sites (N-methyl/N-ethyl adjacent to an activating group) is 1. The van der Waals surface area contributed by atoms with E-state index < -0.39 is 0 Å². The molecule has 140 valence electrons. The summed E-state index contributed by atoms with van der Waals surface area (Å²) in [5.41, 5.74) is 2.91. The minimum Gasteiger partial charge on any atom is -0.457 e. The standard InChI is InChI=1S/C22H17ClN2O2S/c1-14-3-9-17(10-4-14)24-22-25(2)21(26)20(28-22)13-18-11-12-19(27-18)15-5-7-16(23)8-6-15/h3-13H,1-2H3/b20-13-,24-22?. The number of hydrogen-bond donors (Lipinski definition) is 0. The normalized spacial score (nSPS) is 17.1. The summed E-state index contributed by atoms with van der Waals surface area (Å²) >= 11 is 7.27. The van der Waals surface area contributed by atoms with E-state index in [4.69, 9.17) is 16.0 Å². The molecule has 0 atom stereocenters. The summed E-state index contributed by atoms with van der Waals surface area (Å²) in [6, 6.07) is 19.0. The lowest BCUT2D eigenvalue weighted by atomic mass is 10.2. The summed E-state index contributed by atoms with van der Waals surface area (Å²) < 4.78 is 5.88. The molecule has 0 saturated carbocycles. The Balaban J connectivity index is 1.57. The van der Waals surface area contributed by atoms with Gasteiger partial charge in [0.25, 0.3) is 5.91 Å². The topological polar surface area (TPSA) is 45.8 Å². The Labute approximate surface area is 172 Å². The second-order valence-corrected chi connectivity index (χ2v) is 7.86. The smallest absolute Gasteiger partial charge is 0.266 e. The Hall–Kier alpha value is -2.76. The van der Waals surface area contributed by atoms with E-state index in [0.29, 0.717) is 20.9 Å². The van der Waals surface area contributed by atoms with Crippen LogP contribution in [0.5, 0.6) is 0 Å². The molecule has 6 heteroatoms. The summed E-state index contributed by atoms with van der Waals surface area (Å²) in [6.07, 6.45) is 1.75. The molecular weight excluding hydrogens is 392 g/mol. The molecule has 1 saturated heterocycles. The Morgan fingerprint density at radius 3 is 2.46 bits per heavy atom. The van der Waals surface area contributed by atoms with Gasteiger partial charge in [-0.25, -0.2) is 4.99 Å². The third kappa shape index (κ3) is 3.91. The molecule has 1 fully saturated rings. The van der Waals surface area contributed by atoms with Crippen molar-refractivity contribution in [1.82, 2.24) is 4.90 Å². The Bertz CT molecular complexity index is 1080.